The Kier molecular flexibility index (Phi) is 2.18. The van der Waals surface area contributed by atoms with Gasteiger partial charge in [-0.2, -0.15) is 0 Å². The van der Waals surface area contributed by atoms with Crippen LogP contribution in [-0.4, -0.2) is 30.3 Å². The molecule has 2 heterocycles. The Labute approximate surface area is 84.4 Å². The van der Waals surface area contributed by atoms with Crippen molar-refractivity contribution < 1.29 is 9.53 Å². The maximum absolute atomic E-state index is 11.4. The first kappa shape index (κ1) is 9.77. The van der Waals surface area contributed by atoms with Crippen molar-refractivity contribution in [3.05, 3.63) is 0 Å². The van der Waals surface area contributed by atoms with Crippen molar-refractivity contribution in [2.75, 3.05) is 6.54 Å². The number of amides is 1. The maximum Gasteiger partial charge on any atom is 0.407 e. The predicted octanol–water partition coefficient (Wildman–Crippen LogP) is 0.871. The van der Waals surface area contributed by atoms with Crippen LogP contribution in [0, 0.1) is 5.92 Å². The van der Waals surface area contributed by atoms with E-state index in [4.69, 9.17) is 4.74 Å². The number of rotatable bonds is 1. The number of ether oxygens (including phenoxy) is 1. The minimum Gasteiger partial charge on any atom is -0.444 e. The summed E-state index contributed by atoms with van der Waals surface area (Å²) in [5, 5.41) is 6.25. The zero-order chi connectivity index (χ0) is 10.3. The second-order valence-corrected chi connectivity index (χ2v) is 5.18. The van der Waals surface area contributed by atoms with Gasteiger partial charge in [-0.3, -0.25) is 0 Å². The van der Waals surface area contributed by atoms with Gasteiger partial charge >= 0.3 is 6.09 Å². The average molecular weight is 198 g/mol. The molecule has 0 aromatic rings. The van der Waals surface area contributed by atoms with Gasteiger partial charge in [-0.1, -0.05) is 0 Å². The van der Waals surface area contributed by atoms with Crippen LogP contribution in [0.1, 0.15) is 27.2 Å². The number of carbonyl (C=O) groups excluding carboxylic acids is 1. The topological polar surface area (TPSA) is 50.4 Å². The number of hydrogen-bond acceptors (Lipinski definition) is 3. The van der Waals surface area contributed by atoms with Gasteiger partial charge in [0.1, 0.15) is 5.60 Å². The van der Waals surface area contributed by atoms with Crippen LogP contribution in [0.25, 0.3) is 0 Å². The van der Waals surface area contributed by atoms with Gasteiger partial charge in [0, 0.05) is 12.6 Å². The van der Waals surface area contributed by atoms with E-state index in [1.807, 2.05) is 20.8 Å². The number of hydrogen-bond donors (Lipinski definition) is 2. The minimum absolute atomic E-state index is 0.291. The SMILES string of the molecule is CC(C)(C)OC(=O)N[C@H]1[C@H]2CN[C@@H]1C2. The highest BCUT2D eigenvalue weighted by Gasteiger charge is 2.47. The molecule has 14 heavy (non-hydrogen) atoms. The summed E-state index contributed by atoms with van der Waals surface area (Å²) in [6.07, 6.45) is 0.904. The van der Waals surface area contributed by atoms with Crippen molar-refractivity contribution in [1.29, 1.82) is 0 Å². The monoisotopic (exact) mass is 198 g/mol. The Morgan fingerprint density at radius 1 is 1.50 bits per heavy atom. The van der Waals surface area contributed by atoms with E-state index in [-0.39, 0.29) is 6.09 Å². The third-order valence-corrected chi connectivity index (χ3v) is 2.82. The Hall–Kier alpha value is -0.770. The van der Waals surface area contributed by atoms with Crippen LogP contribution < -0.4 is 10.6 Å². The first-order valence-corrected chi connectivity index (χ1v) is 5.18. The van der Waals surface area contributed by atoms with Crippen molar-refractivity contribution in [2.45, 2.75) is 44.9 Å². The Morgan fingerprint density at radius 3 is 2.64 bits per heavy atom. The van der Waals surface area contributed by atoms with E-state index < -0.39 is 5.60 Å². The van der Waals surface area contributed by atoms with Gasteiger partial charge in [0.15, 0.2) is 0 Å². The first-order chi connectivity index (χ1) is 6.46. The average Bonchev–Trinajstić information content (AvgIpc) is 2.55. The van der Waals surface area contributed by atoms with E-state index in [1.165, 1.54) is 6.42 Å². The molecule has 3 rings (SSSR count). The Bertz CT molecular complexity index is 233. The zero-order valence-electron chi connectivity index (χ0n) is 8.96. The molecule has 0 aromatic carbocycles. The van der Waals surface area contributed by atoms with E-state index in [1.54, 1.807) is 0 Å². The molecule has 2 aliphatic heterocycles. The maximum atomic E-state index is 11.4. The lowest BCUT2D eigenvalue weighted by atomic mass is 9.80. The van der Waals surface area contributed by atoms with Crippen LogP contribution in [0.4, 0.5) is 4.79 Å². The van der Waals surface area contributed by atoms with Gasteiger partial charge < -0.3 is 15.4 Å². The lowest BCUT2D eigenvalue weighted by molar-refractivity contribution is 0.0452. The quantitative estimate of drug-likeness (QED) is 0.657. The summed E-state index contributed by atoms with van der Waals surface area (Å²) < 4.78 is 5.19. The minimum atomic E-state index is -0.402. The molecule has 2 saturated heterocycles. The largest absolute Gasteiger partial charge is 0.444 e. The van der Waals surface area contributed by atoms with Gasteiger partial charge in [0.05, 0.1) is 6.04 Å². The molecule has 0 radical (unpaired) electrons. The molecule has 1 saturated carbocycles. The summed E-state index contributed by atoms with van der Waals surface area (Å²) in [6, 6.07) is 0.775. The number of nitrogens with one attached hydrogen (secondary N) is 2. The van der Waals surface area contributed by atoms with Crippen molar-refractivity contribution >= 4 is 6.09 Å². The standard InChI is InChI=1S/C10H18N2O2/c1-10(2,3)14-9(13)12-8-6-4-7(8)11-5-6/h6-8,11H,4-5H2,1-3H3,(H,12,13)/t6-,7-,8+/m1/s1. The van der Waals surface area contributed by atoms with E-state index in [2.05, 4.69) is 10.6 Å². The van der Waals surface area contributed by atoms with Crippen LogP contribution in [-0.2, 0) is 4.74 Å². The molecule has 4 nitrogen and oxygen atoms in total. The molecule has 3 atom stereocenters. The van der Waals surface area contributed by atoms with Crippen LogP contribution in [0.2, 0.25) is 0 Å². The molecule has 0 aromatic heterocycles. The molecular formula is C10H18N2O2. The summed E-state index contributed by atoms with van der Waals surface area (Å²) in [5.41, 5.74) is -0.402. The van der Waals surface area contributed by atoms with Crippen molar-refractivity contribution in [3.8, 4) is 0 Å². The fraction of sp³-hybridized carbons (Fsp3) is 0.900. The number of carbonyl (C=O) groups is 1. The molecule has 2 N–H and O–H groups in total. The normalized spacial score (nSPS) is 34.9. The van der Waals surface area contributed by atoms with Gasteiger partial charge in [0.2, 0.25) is 0 Å². The van der Waals surface area contributed by atoms with E-state index in [0.717, 1.165) is 6.54 Å². The van der Waals surface area contributed by atoms with E-state index in [9.17, 15) is 4.79 Å². The van der Waals surface area contributed by atoms with Crippen molar-refractivity contribution in [1.82, 2.24) is 10.6 Å². The predicted molar refractivity (Wildman–Crippen MR) is 53.1 cm³/mol. The lowest BCUT2D eigenvalue weighted by Crippen LogP contribution is -2.54. The second kappa shape index (κ2) is 3.12. The van der Waals surface area contributed by atoms with Crippen LogP contribution in [0.3, 0.4) is 0 Å². The fourth-order valence-electron chi connectivity index (χ4n) is 2.14. The van der Waals surface area contributed by atoms with Gasteiger partial charge in [-0.05, 0) is 33.1 Å². The molecule has 80 valence electrons. The highest BCUT2D eigenvalue weighted by molar-refractivity contribution is 5.68. The summed E-state index contributed by atoms with van der Waals surface area (Å²) in [6.45, 7) is 6.66. The zero-order valence-corrected chi connectivity index (χ0v) is 8.96. The second-order valence-electron chi connectivity index (χ2n) is 5.18. The summed E-state index contributed by atoms with van der Waals surface area (Å²) in [7, 11) is 0. The molecule has 1 amide bonds. The summed E-state index contributed by atoms with van der Waals surface area (Å²) in [5.74, 6) is 0.618. The highest BCUT2D eigenvalue weighted by atomic mass is 16.6. The third-order valence-electron chi connectivity index (χ3n) is 2.82. The van der Waals surface area contributed by atoms with Crippen molar-refractivity contribution in [2.24, 2.45) is 5.92 Å². The Balaban J connectivity index is 1.78. The van der Waals surface area contributed by atoms with Gasteiger partial charge in [-0.25, -0.2) is 4.79 Å². The molecular weight excluding hydrogens is 180 g/mol. The smallest absolute Gasteiger partial charge is 0.407 e. The molecule has 0 unspecified atom stereocenters. The third kappa shape index (κ3) is 1.85. The van der Waals surface area contributed by atoms with Crippen LogP contribution in [0.5, 0.6) is 0 Å². The van der Waals surface area contributed by atoms with Gasteiger partial charge in [0.25, 0.3) is 0 Å². The molecule has 0 spiro atoms. The summed E-state index contributed by atoms with van der Waals surface area (Å²) in [4.78, 5) is 11.4. The number of fused-ring (bicyclic) bond motifs is 1. The van der Waals surface area contributed by atoms with E-state index in [0.29, 0.717) is 18.0 Å². The van der Waals surface area contributed by atoms with E-state index >= 15 is 0 Å². The molecule has 4 heteroatoms. The molecule has 1 aliphatic carbocycles. The molecule has 3 aliphatic rings. The Morgan fingerprint density at radius 2 is 2.21 bits per heavy atom. The van der Waals surface area contributed by atoms with Crippen LogP contribution in [0.15, 0.2) is 0 Å². The fourth-order valence-corrected chi connectivity index (χ4v) is 2.14. The molecule has 2 bridgehead atoms. The first-order valence-electron chi connectivity index (χ1n) is 5.18. The molecule has 3 fully saturated rings. The van der Waals surface area contributed by atoms with Crippen molar-refractivity contribution in [3.63, 3.8) is 0 Å². The van der Waals surface area contributed by atoms with Crippen LogP contribution >= 0.6 is 0 Å². The summed E-state index contributed by atoms with van der Waals surface area (Å²) >= 11 is 0. The lowest BCUT2D eigenvalue weighted by Gasteiger charge is -2.35. The number of alkyl carbamates (subject to hydrolysis) is 1. The highest BCUT2D eigenvalue weighted by Crippen LogP contribution is 2.33. The van der Waals surface area contributed by atoms with Gasteiger partial charge in [-0.15, -0.1) is 0 Å².